The summed E-state index contributed by atoms with van der Waals surface area (Å²) in [6.07, 6.45) is 5.28. The highest BCUT2D eigenvalue weighted by molar-refractivity contribution is 5.94. The zero-order valence-corrected chi connectivity index (χ0v) is 10.3. The SMILES string of the molecule is Cc1nn(C)c(NCCn2ccnc2)c1C(=O)O. The highest BCUT2D eigenvalue weighted by atomic mass is 16.4. The van der Waals surface area contributed by atoms with Gasteiger partial charge in [0.2, 0.25) is 0 Å². The van der Waals surface area contributed by atoms with Crippen molar-refractivity contribution in [1.82, 2.24) is 19.3 Å². The lowest BCUT2D eigenvalue weighted by molar-refractivity contribution is 0.0697. The van der Waals surface area contributed by atoms with E-state index in [1.54, 1.807) is 31.2 Å². The summed E-state index contributed by atoms with van der Waals surface area (Å²) in [4.78, 5) is 15.1. The predicted molar refractivity (Wildman–Crippen MR) is 65.6 cm³/mol. The number of rotatable bonds is 5. The molecule has 2 rings (SSSR count). The van der Waals surface area contributed by atoms with E-state index in [9.17, 15) is 4.79 Å². The van der Waals surface area contributed by atoms with E-state index in [1.807, 2.05) is 10.8 Å². The van der Waals surface area contributed by atoms with Crippen molar-refractivity contribution in [1.29, 1.82) is 0 Å². The number of nitrogens with one attached hydrogen (secondary N) is 1. The summed E-state index contributed by atoms with van der Waals surface area (Å²) in [6.45, 7) is 3.00. The minimum Gasteiger partial charge on any atom is -0.477 e. The van der Waals surface area contributed by atoms with E-state index in [0.717, 1.165) is 0 Å². The van der Waals surface area contributed by atoms with Crippen LogP contribution in [0, 0.1) is 6.92 Å². The fraction of sp³-hybridized carbons (Fsp3) is 0.364. The van der Waals surface area contributed by atoms with Gasteiger partial charge in [-0.15, -0.1) is 0 Å². The summed E-state index contributed by atoms with van der Waals surface area (Å²) in [7, 11) is 1.72. The molecule has 2 aromatic rings. The second kappa shape index (κ2) is 4.91. The van der Waals surface area contributed by atoms with Crippen molar-refractivity contribution in [3.8, 4) is 0 Å². The summed E-state index contributed by atoms with van der Waals surface area (Å²) >= 11 is 0. The number of anilines is 1. The molecule has 0 aromatic carbocycles. The third-order valence-corrected chi connectivity index (χ3v) is 2.66. The summed E-state index contributed by atoms with van der Waals surface area (Å²) in [6, 6.07) is 0. The van der Waals surface area contributed by atoms with Crippen molar-refractivity contribution in [2.24, 2.45) is 7.05 Å². The van der Waals surface area contributed by atoms with Crippen LogP contribution in [0.3, 0.4) is 0 Å². The minimum atomic E-state index is -0.967. The Morgan fingerprint density at radius 3 is 2.94 bits per heavy atom. The number of imidazole rings is 1. The standard InChI is InChI=1S/C11H15N5O2/c1-8-9(11(17)18)10(15(2)14-8)13-4-6-16-5-3-12-7-16/h3,5,7,13H,4,6H2,1-2H3,(H,17,18). The van der Waals surface area contributed by atoms with Crippen LogP contribution >= 0.6 is 0 Å². The Morgan fingerprint density at radius 2 is 2.33 bits per heavy atom. The first-order valence-electron chi connectivity index (χ1n) is 5.56. The maximum atomic E-state index is 11.1. The summed E-state index contributed by atoms with van der Waals surface area (Å²) in [5, 5.41) is 16.3. The Bertz CT molecular complexity index is 544. The molecule has 0 aliphatic carbocycles. The molecule has 0 amide bonds. The number of hydrogen-bond acceptors (Lipinski definition) is 4. The van der Waals surface area contributed by atoms with E-state index in [-0.39, 0.29) is 5.56 Å². The summed E-state index contributed by atoms with van der Waals surface area (Å²) in [5.41, 5.74) is 0.735. The number of carboxylic acid groups (broad SMARTS) is 1. The monoisotopic (exact) mass is 249 g/mol. The average molecular weight is 249 g/mol. The Balaban J connectivity index is 2.07. The van der Waals surface area contributed by atoms with Gasteiger partial charge in [-0.3, -0.25) is 4.68 Å². The Labute approximate surface area is 104 Å². The predicted octanol–water partition coefficient (Wildman–Crippen LogP) is 0.735. The van der Waals surface area contributed by atoms with Crippen LogP contribution in [0.15, 0.2) is 18.7 Å². The Kier molecular flexibility index (Phi) is 3.31. The molecule has 0 bridgehead atoms. The van der Waals surface area contributed by atoms with Crippen LogP contribution < -0.4 is 5.32 Å². The molecule has 0 atom stereocenters. The lowest BCUT2D eigenvalue weighted by Crippen LogP contribution is -2.14. The number of aryl methyl sites for hydroxylation is 2. The molecule has 0 aliphatic rings. The molecule has 7 nitrogen and oxygen atoms in total. The van der Waals surface area contributed by atoms with Gasteiger partial charge in [0.25, 0.3) is 0 Å². The van der Waals surface area contributed by atoms with Gasteiger partial charge in [-0.2, -0.15) is 5.10 Å². The number of nitrogens with zero attached hydrogens (tertiary/aromatic N) is 4. The quantitative estimate of drug-likeness (QED) is 0.816. The van der Waals surface area contributed by atoms with Crippen molar-refractivity contribution in [2.75, 3.05) is 11.9 Å². The average Bonchev–Trinajstić information content (AvgIpc) is 2.87. The van der Waals surface area contributed by atoms with Gasteiger partial charge in [0.05, 0.1) is 12.0 Å². The molecule has 18 heavy (non-hydrogen) atoms. The molecular formula is C11H15N5O2. The van der Waals surface area contributed by atoms with Crippen LogP contribution in [-0.2, 0) is 13.6 Å². The van der Waals surface area contributed by atoms with E-state index in [2.05, 4.69) is 15.4 Å². The number of hydrogen-bond donors (Lipinski definition) is 2. The first kappa shape index (κ1) is 12.2. The molecule has 0 spiro atoms. The van der Waals surface area contributed by atoms with Gasteiger partial charge in [0.1, 0.15) is 11.4 Å². The molecule has 0 saturated heterocycles. The van der Waals surface area contributed by atoms with Crippen molar-refractivity contribution < 1.29 is 9.90 Å². The van der Waals surface area contributed by atoms with Gasteiger partial charge in [-0.05, 0) is 6.92 Å². The van der Waals surface area contributed by atoms with Crippen LogP contribution in [0.4, 0.5) is 5.82 Å². The van der Waals surface area contributed by atoms with Crippen molar-refractivity contribution in [3.05, 3.63) is 30.0 Å². The van der Waals surface area contributed by atoms with Crippen LogP contribution in [-0.4, -0.2) is 37.0 Å². The molecule has 0 saturated carbocycles. The van der Waals surface area contributed by atoms with E-state index in [0.29, 0.717) is 24.6 Å². The van der Waals surface area contributed by atoms with Crippen molar-refractivity contribution >= 4 is 11.8 Å². The normalized spacial score (nSPS) is 10.6. The summed E-state index contributed by atoms with van der Waals surface area (Å²) < 4.78 is 3.46. The molecule has 0 aliphatic heterocycles. The fourth-order valence-electron chi connectivity index (χ4n) is 1.84. The van der Waals surface area contributed by atoms with E-state index >= 15 is 0 Å². The van der Waals surface area contributed by atoms with Crippen LogP contribution in [0.2, 0.25) is 0 Å². The zero-order valence-electron chi connectivity index (χ0n) is 10.3. The van der Waals surface area contributed by atoms with Crippen molar-refractivity contribution in [2.45, 2.75) is 13.5 Å². The van der Waals surface area contributed by atoms with E-state index < -0.39 is 5.97 Å². The van der Waals surface area contributed by atoms with Gasteiger partial charge >= 0.3 is 5.97 Å². The molecule has 0 radical (unpaired) electrons. The van der Waals surface area contributed by atoms with Crippen LogP contribution in [0.1, 0.15) is 16.1 Å². The number of aromatic nitrogens is 4. The first-order chi connectivity index (χ1) is 8.59. The fourth-order valence-corrected chi connectivity index (χ4v) is 1.84. The molecule has 2 heterocycles. The molecule has 7 heteroatoms. The molecular weight excluding hydrogens is 234 g/mol. The third-order valence-electron chi connectivity index (χ3n) is 2.66. The maximum Gasteiger partial charge on any atom is 0.341 e. The number of carbonyl (C=O) groups is 1. The second-order valence-corrected chi connectivity index (χ2v) is 3.97. The van der Waals surface area contributed by atoms with E-state index in [4.69, 9.17) is 5.11 Å². The molecule has 2 aromatic heterocycles. The number of carboxylic acids is 1. The lowest BCUT2D eigenvalue weighted by atomic mass is 10.2. The highest BCUT2D eigenvalue weighted by Crippen LogP contribution is 2.18. The topological polar surface area (TPSA) is 85.0 Å². The first-order valence-corrected chi connectivity index (χ1v) is 5.56. The third kappa shape index (κ3) is 2.34. The van der Waals surface area contributed by atoms with Crippen molar-refractivity contribution in [3.63, 3.8) is 0 Å². The number of aromatic carboxylic acids is 1. The van der Waals surface area contributed by atoms with Gasteiger partial charge in [0.15, 0.2) is 0 Å². The van der Waals surface area contributed by atoms with Crippen LogP contribution in [0.25, 0.3) is 0 Å². The Hall–Kier alpha value is -2.31. The zero-order chi connectivity index (χ0) is 13.1. The summed E-state index contributed by atoms with van der Waals surface area (Å²) in [5.74, 6) is -0.439. The lowest BCUT2D eigenvalue weighted by Gasteiger charge is -2.08. The highest BCUT2D eigenvalue weighted by Gasteiger charge is 2.18. The molecule has 0 unspecified atom stereocenters. The van der Waals surface area contributed by atoms with E-state index in [1.165, 1.54) is 0 Å². The Morgan fingerprint density at radius 1 is 1.56 bits per heavy atom. The largest absolute Gasteiger partial charge is 0.477 e. The molecule has 96 valence electrons. The second-order valence-electron chi connectivity index (χ2n) is 3.97. The van der Waals surface area contributed by atoms with Gasteiger partial charge < -0.3 is 15.0 Å². The van der Waals surface area contributed by atoms with Crippen LogP contribution in [0.5, 0.6) is 0 Å². The maximum absolute atomic E-state index is 11.1. The minimum absolute atomic E-state index is 0.225. The molecule has 2 N–H and O–H groups in total. The molecule has 0 fully saturated rings. The van der Waals surface area contributed by atoms with Gasteiger partial charge in [-0.1, -0.05) is 0 Å². The smallest absolute Gasteiger partial charge is 0.341 e. The van der Waals surface area contributed by atoms with Gasteiger partial charge in [0, 0.05) is 32.5 Å². The van der Waals surface area contributed by atoms with Gasteiger partial charge in [-0.25, -0.2) is 9.78 Å².